The summed E-state index contributed by atoms with van der Waals surface area (Å²) in [4.78, 5) is 12.9. The molecule has 0 aromatic carbocycles. The summed E-state index contributed by atoms with van der Waals surface area (Å²) in [5.74, 6) is -0.842. The molecule has 1 aliphatic rings. The number of aliphatic hydroxyl groups is 1. The number of carboxylic acids is 1. The molecule has 0 saturated carbocycles. The van der Waals surface area contributed by atoms with E-state index < -0.39 is 5.97 Å². The van der Waals surface area contributed by atoms with E-state index in [1.54, 1.807) is 13.0 Å². The van der Waals surface area contributed by atoms with E-state index in [0.29, 0.717) is 18.2 Å². The third-order valence-electron chi connectivity index (χ3n) is 3.16. The van der Waals surface area contributed by atoms with Gasteiger partial charge >= 0.3 is 5.97 Å². The lowest BCUT2D eigenvalue weighted by Gasteiger charge is -2.22. The lowest BCUT2D eigenvalue weighted by atomic mass is 10.1. The zero-order chi connectivity index (χ0) is 12.0. The van der Waals surface area contributed by atoms with Gasteiger partial charge in [0.15, 0.2) is 0 Å². The number of rotatable bonds is 6. The molecule has 4 heteroatoms. The molecule has 0 aliphatic carbocycles. The minimum Gasteiger partial charge on any atom is -0.478 e. The summed E-state index contributed by atoms with van der Waals surface area (Å²) in [5.41, 5.74) is 0.410. The second kappa shape index (κ2) is 6.66. The van der Waals surface area contributed by atoms with Crippen LogP contribution in [0.15, 0.2) is 11.6 Å². The molecule has 0 aromatic heterocycles. The van der Waals surface area contributed by atoms with Gasteiger partial charge in [-0.3, -0.25) is 4.90 Å². The molecule has 0 aromatic rings. The summed E-state index contributed by atoms with van der Waals surface area (Å²) < 4.78 is 0. The number of hydrogen-bond acceptors (Lipinski definition) is 3. The Morgan fingerprint density at radius 1 is 1.56 bits per heavy atom. The largest absolute Gasteiger partial charge is 0.478 e. The van der Waals surface area contributed by atoms with Gasteiger partial charge in [0.1, 0.15) is 0 Å². The van der Waals surface area contributed by atoms with Gasteiger partial charge in [-0.1, -0.05) is 6.08 Å². The lowest BCUT2D eigenvalue weighted by Crippen LogP contribution is -2.30. The Morgan fingerprint density at radius 2 is 2.31 bits per heavy atom. The minimum absolute atomic E-state index is 0.244. The number of hydrogen-bond donors (Lipinski definition) is 2. The number of likely N-dealkylation sites (tertiary alicyclic amines) is 1. The number of aliphatic hydroxyl groups excluding tert-OH is 1. The molecule has 0 radical (unpaired) electrons. The van der Waals surface area contributed by atoms with Crippen LogP contribution >= 0.6 is 0 Å². The quantitative estimate of drug-likeness (QED) is 0.670. The fourth-order valence-corrected chi connectivity index (χ4v) is 2.13. The van der Waals surface area contributed by atoms with Crippen molar-refractivity contribution in [2.24, 2.45) is 0 Å². The average Bonchev–Trinajstić information content (AvgIpc) is 2.70. The van der Waals surface area contributed by atoms with Crippen LogP contribution in [-0.2, 0) is 4.79 Å². The summed E-state index contributed by atoms with van der Waals surface area (Å²) in [6.07, 6.45) is 5.97. The SMILES string of the molecule is CC(=CCN1CCCC1CCCO)C(=O)O. The molecule has 0 amide bonds. The third kappa shape index (κ3) is 3.94. The van der Waals surface area contributed by atoms with Gasteiger partial charge in [0.25, 0.3) is 0 Å². The van der Waals surface area contributed by atoms with Gasteiger partial charge in [0.05, 0.1) is 0 Å². The van der Waals surface area contributed by atoms with Crippen molar-refractivity contribution in [3.63, 3.8) is 0 Å². The van der Waals surface area contributed by atoms with Crippen molar-refractivity contribution in [3.05, 3.63) is 11.6 Å². The van der Waals surface area contributed by atoms with E-state index in [4.69, 9.17) is 10.2 Å². The van der Waals surface area contributed by atoms with Crippen LogP contribution in [0.1, 0.15) is 32.6 Å². The summed E-state index contributed by atoms with van der Waals surface area (Å²) in [6, 6.07) is 0.519. The predicted octanol–water partition coefficient (Wildman–Crippen LogP) is 1.25. The van der Waals surface area contributed by atoms with Gasteiger partial charge in [-0.15, -0.1) is 0 Å². The number of aliphatic carboxylic acids is 1. The highest BCUT2D eigenvalue weighted by atomic mass is 16.4. The Balaban J connectivity index is 2.40. The highest BCUT2D eigenvalue weighted by Crippen LogP contribution is 2.21. The highest BCUT2D eigenvalue weighted by Gasteiger charge is 2.22. The van der Waals surface area contributed by atoms with Gasteiger partial charge in [-0.2, -0.15) is 0 Å². The van der Waals surface area contributed by atoms with E-state index in [0.717, 1.165) is 19.4 Å². The van der Waals surface area contributed by atoms with Gasteiger partial charge in [0.2, 0.25) is 0 Å². The standard InChI is InChI=1S/C12H21NO3/c1-10(12(15)16)6-8-13-7-2-4-11(13)5-3-9-14/h6,11,14H,2-5,7-9H2,1H3,(H,15,16). The fraction of sp³-hybridized carbons (Fsp3) is 0.750. The van der Waals surface area contributed by atoms with Gasteiger partial charge in [-0.05, 0) is 39.2 Å². The maximum absolute atomic E-state index is 10.6. The van der Waals surface area contributed by atoms with E-state index in [9.17, 15) is 4.79 Å². The molecule has 1 atom stereocenters. The van der Waals surface area contributed by atoms with Gasteiger partial charge in [-0.25, -0.2) is 4.79 Å². The molecule has 1 saturated heterocycles. The molecule has 1 rings (SSSR count). The van der Waals surface area contributed by atoms with Crippen molar-refractivity contribution in [2.45, 2.75) is 38.6 Å². The van der Waals surface area contributed by atoms with Crippen molar-refractivity contribution >= 4 is 5.97 Å². The molecular formula is C12H21NO3. The first-order chi connectivity index (χ1) is 7.65. The van der Waals surface area contributed by atoms with Crippen molar-refractivity contribution in [2.75, 3.05) is 19.7 Å². The molecule has 4 nitrogen and oxygen atoms in total. The van der Waals surface area contributed by atoms with E-state index in [1.807, 2.05) is 0 Å². The van der Waals surface area contributed by atoms with Crippen LogP contribution in [0.4, 0.5) is 0 Å². The smallest absolute Gasteiger partial charge is 0.330 e. The first-order valence-corrected chi connectivity index (χ1v) is 5.90. The molecule has 1 fully saturated rings. The van der Waals surface area contributed by atoms with Crippen molar-refractivity contribution in [1.29, 1.82) is 0 Å². The monoisotopic (exact) mass is 227 g/mol. The summed E-state index contributed by atoms with van der Waals surface area (Å²) >= 11 is 0. The van der Waals surface area contributed by atoms with E-state index >= 15 is 0 Å². The zero-order valence-electron chi connectivity index (χ0n) is 9.85. The molecule has 2 N–H and O–H groups in total. The van der Waals surface area contributed by atoms with Gasteiger partial charge in [0, 0.05) is 24.8 Å². The van der Waals surface area contributed by atoms with Crippen molar-refractivity contribution in [3.8, 4) is 0 Å². The maximum Gasteiger partial charge on any atom is 0.330 e. The zero-order valence-corrected chi connectivity index (χ0v) is 9.85. The van der Waals surface area contributed by atoms with E-state index in [2.05, 4.69) is 4.90 Å². The molecule has 0 bridgehead atoms. The Bertz CT molecular complexity index is 263. The number of nitrogens with zero attached hydrogens (tertiary/aromatic N) is 1. The molecule has 0 spiro atoms. The number of carbonyl (C=O) groups is 1. The Labute approximate surface area is 96.6 Å². The molecule has 1 aliphatic heterocycles. The highest BCUT2D eigenvalue weighted by molar-refractivity contribution is 5.85. The second-order valence-corrected chi connectivity index (χ2v) is 4.35. The van der Waals surface area contributed by atoms with Crippen molar-refractivity contribution in [1.82, 2.24) is 4.90 Å². The topological polar surface area (TPSA) is 60.8 Å². The fourth-order valence-electron chi connectivity index (χ4n) is 2.13. The molecular weight excluding hydrogens is 206 g/mol. The van der Waals surface area contributed by atoms with Crippen LogP contribution in [0.5, 0.6) is 0 Å². The van der Waals surface area contributed by atoms with Crippen LogP contribution in [0, 0.1) is 0 Å². The Kier molecular flexibility index (Phi) is 5.49. The third-order valence-corrected chi connectivity index (χ3v) is 3.16. The Morgan fingerprint density at radius 3 is 2.94 bits per heavy atom. The van der Waals surface area contributed by atoms with Crippen LogP contribution < -0.4 is 0 Å². The molecule has 1 unspecified atom stereocenters. The molecule has 16 heavy (non-hydrogen) atoms. The number of carboxylic acid groups (broad SMARTS) is 1. The average molecular weight is 227 g/mol. The minimum atomic E-state index is -0.842. The van der Waals surface area contributed by atoms with Gasteiger partial charge < -0.3 is 10.2 Å². The summed E-state index contributed by atoms with van der Waals surface area (Å²) in [5, 5.41) is 17.5. The summed E-state index contributed by atoms with van der Waals surface area (Å²) in [7, 11) is 0. The van der Waals surface area contributed by atoms with E-state index in [1.165, 1.54) is 12.8 Å². The lowest BCUT2D eigenvalue weighted by molar-refractivity contribution is -0.132. The first kappa shape index (κ1) is 13.2. The Hall–Kier alpha value is -0.870. The predicted molar refractivity (Wildman–Crippen MR) is 62.3 cm³/mol. The normalized spacial score (nSPS) is 22.6. The van der Waals surface area contributed by atoms with Crippen LogP contribution in [0.25, 0.3) is 0 Å². The van der Waals surface area contributed by atoms with Crippen LogP contribution in [-0.4, -0.2) is 46.8 Å². The van der Waals surface area contributed by atoms with Crippen LogP contribution in [0.2, 0.25) is 0 Å². The van der Waals surface area contributed by atoms with Crippen molar-refractivity contribution < 1.29 is 15.0 Å². The first-order valence-electron chi connectivity index (χ1n) is 5.90. The second-order valence-electron chi connectivity index (χ2n) is 4.35. The molecule has 1 heterocycles. The molecule has 92 valence electrons. The summed E-state index contributed by atoms with van der Waals surface area (Å²) in [6.45, 7) is 3.63. The maximum atomic E-state index is 10.6. The van der Waals surface area contributed by atoms with E-state index in [-0.39, 0.29) is 6.61 Å². The van der Waals surface area contributed by atoms with Crippen LogP contribution in [0.3, 0.4) is 0 Å².